The van der Waals surface area contributed by atoms with Crippen LogP contribution < -0.4 is 4.98 Å². The molecule has 0 aliphatic carbocycles. The van der Waals surface area contributed by atoms with Gasteiger partial charge in [-0.15, -0.1) is 6.58 Å². The van der Waals surface area contributed by atoms with Crippen LogP contribution in [-0.2, 0) is 8.85 Å². The third-order valence-corrected chi connectivity index (χ3v) is 3.67. The van der Waals surface area contributed by atoms with E-state index in [0.29, 0.717) is 0 Å². The summed E-state index contributed by atoms with van der Waals surface area (Å²) in [6.07, 6.45) is 0. The first-order valence-corrected chi connectivity index (χ1v) is 4.57. The minimum Gasteiger partial charge on any atom is -0.383 e. The van der Waals surface area contributed by atoms with Gasteiger partial charge in [-0.05, 0) is 12.7 Å². The van der Waals surface area contributed by atoms with Gasteiger partial charge in [0.05, 0.1) is 0 Å². The summed E-state index contributed by atoms with van der Waals surface area (Å²) in [6.45, 7) is 3.59. The quantitative estimate of drug-likeness (QED) is 0.575. The van der Waals surface area contributed by atoms with E-state index in [0.717, 1.165) is 0 Å². The summed E-state index contributed by atoms with van der Waals surface area (Å²) >= 11 is 0. The van der Waals surface area contributed by atoms with Gasteiger partial charge in [-0.25, -0.2) is 0 Å². The third-order valence-electron chi connectivity index (χ3n) is 1.22. The molecule has 0 spiro atoms. The summed E-state index contributed by atoms with van der Waals surface area (Å²) in [5.41, 5.74) is 1.69. The van der Waals surface area contributed by atoms with E-state index in [-0.39, 0.29) is 0 Å². The van der Waals surface area contributed by atoms with Crippen LogP contribution in [0.15, 0.2) is 12.3 Å². The van der Waals surface area contributed by atoms with Gasteiger partial charge in [0.2, 0.25) is 0 Å². The van der Waals surface area contributed by atoms with Gasteiger partial charge in [-0.2, -0.15) is 0 Å². The van der Waals surface area contributed by atoms with Crippen LogP contribution in [0.1, 0.15) is 0 Å². The van der Waals surface area contributed by atoms with Crippen LogP contribution in [0.25, 0.3) is 0 Å². The molecular weight excluding hydrogens is 134 g/mol. The zero-order valence-corrected chi connectivity index (χ0v) is 7.10. The van der Waals surface area contributed by atoms with Crippen LogP contribution in [0.4, 0.5) is 0 Å². The predicted octanol–water partition coefficient (Wildman–Crippen LogP) is 0.163. The number of rotatable bonds is 4. The Labute approximate surface area is 57.0 Å². The average Bonchev–Trinajstić information content (AvgIpc) is 1.95. The Morgan fingerprint density at radius 3 is 1.89 bits per heavy atom. The second-order valence-corrected chi connectivity index (χ2v) is 4.59. The molecule has 0 rings (SSSR count). The molecule has 0 fully saturated rings. The Balaban J connectivity index is 3.98. The molecule has 0 heterocycles. The Hall–Kier alpha value is -0.163. The van der Waals surface area contributed by atoms with E-state index < -0.39 is 8.72 Å². The fraction of sp³-hybridized carbons (Fsp3) is 0.600. The van der Waals surface area contributed by atoms with Crippen molar-refractivity contribution in [1.82, 2.24) is 4.98 Å². The maximum absolute atomic E-state index is 5.07. The van der Waals surface area contributed by atoms with Crippen LogP contribution in [0.3, 0.4) is 0 Å². The highest BCUT2D eigenvalue weighted by Crippen LogP contribution is 1.98. The molecule has 0 amide bonds. The molecule has 4 heteroatoms. The lowest BCUT2D eigenvalue weighted by Gasteiger charge is -2.21. The van der Waals surface area contributed by atoms with Crippen LogP contribution in [-0.4, -0.2) is 30.0 Å². The molecule has 54 valence electrons. The van der Waals surface area contributed by atoms with Crippen molar-refractivity contribution in [2.75, 3.05) is 21.3 Å². The van der Waals surface area contributed by atoms with Gasteiger partial charge >= 0.3 is 8.72 Å². The molecule has 1 N–H and O–H groups in total. The molecule has 0 aromatic carbocycles. The number of nitrogens with one attached hydrogen (secondary N) is 1. The Kier molecular flexibility index (Phi) is 3.72. The fourth-order valence-corrected chi connectivity index (χ4v) is 1.67. The van der Waals surface area contributed by atoms with Crippen molar-refractivity contribution in [2.45, 2.75) is 0 Å². The van der Waals surface area contributed by atoms with Crippen LogP contribution >= 0.6 is 0 Å². The Bertz CT molecular complexity index is 84.7. The van der Waals surface area contributed by atoms with E-state index in [4.69, 9.17) is 8.85 Å². The van der Waals surface area contributed by atoms with E-state index in [1.54, 1.807) is 27.0 Å². The van der Waals surface area contributed by atoms with E-state index in [1.165, 1.54) is 0 Å². The minimum atomic E-state index is -2.18. The SMILES string of the molecule is C=C[Si](NC)(OC)OC. The highest BCUT2D eigenvalue weighted by molar-refractivity contribution is 6.69. The molecule has 0 unspecified atom stereocenters. The molecule has 0 saturated heterocycles. The fourth-order valence-electron chi connectivity index (χ4n) is 0.556. The van der Waals surface area contributed by atoms with Crippen molar-refractivity contribution in [3.8, 4) is 0 Å². The standard InChI is InChI=1S/C5H13NO2Si/c1-5-9(6-2,7-3)8-4/h5-6H,1H2,2-4H3. The van der Waals surface area contributed by atoms with Gasteiger partial charge in [-0.3, -0.25) is 4.98 Å². The topological polar surface area (TPSA) is 30.5 Å². The summed E-state index contributed by atoms with van der Waals surface area (Å²) < 4.78 is 10.1. The molecule has 0 aromatic rings. The van der Waals surface area contributed by atoms with Crippen LogP contribution in [0.2, 0.25) is 0 Å². The molecule has 0 bridgehead atoms. The highest BCUT2D eigenvalue weighted by atomic mass is 28.4. The molecule has 9 heavy (non-hydrogen) atoms. The minimum absolute atomic E-state index is 1.61. The molecule has 0 saturated carbocycles. The molecule has 3 nitrogen and oxygen atoms in total. The highest BCUT2D eigenvalue weighted by Gasteiger charge is 2.29. The molecular formula is C5H13NO2Si. The van der Waals surface area contributed by atoms with Crippen molar-refractivity contribution >= 4 is 8.72 Å². The van der Waals surface area contributed by atoms with Gasteiger partial charge in [0.15, 0.2) is 0 Å². The van der Waals surface area contributed by atoms with E-state index in [9.17, 15) is 0 Å². The molecule has 0 aliphatic heterocycles. The molecule has 0 radical (unpaired) electrons. The van der Waals surface area contributed by atoms with Gasteiger partial charge in [0, 0.05) is 14.2 Å². The smallest absolute Gasteiger partial charge is 0.383 e. The number of hydrogen-bond donors (Lipinski definition) is 1. The van der Waals surface area contributed by atoms with Crippen molar-refractivity contribution in [3.63, 3.8) is 0 Å². The van der Waals surface area contributed by atoms with Crippen molar-refractivity contribution in [3.05, 3.63) is 12.3 Å². The molecule has 0 aromatic heterocycles. The molecule has 0 atom stereocenters. The first-order chi connectivity index (χ1) is 4.24. The van der Waals surface area contributed by atoms with Crippen LogP contribution in [0, 0.1) is 0 Å². The van der Waals surface area contributed by atoms with E-state index in [1.807, 2.05) is 0 Å². The zero-order valence-electron chi connectivity index (χ0n) is 6.10. The average molecular weight is 147 g/mol. The van der Waals surface area contributed by atoms with Gasteiger partial charge in [0.25, 0.3) is 0 Å². The predicted molar refractivity (Wildman–Crippen MR) is 39.0 cm³/mol. The maximum Gasteiger partial charge on any atom is 0.451 e. The van der Waals surface area contributed by atoms with E-state index >= 15 is 0 Å². The normalized spacial score (nSPS) is 11.4. The van der Waals surface area contributed by atoms with E-state index in [2.05, 4.69) is 11.6 Å². The second kappa shape index (κ2) is 3.79. The lowest BCUT2D eigenvalue weighted by Crippen LogP contribution is -2.51. The summed E-state index contributed by atoms with van der Waals surface area (Å²) in [5.74, 6) is 0. The van der Waals surface area contributed by atoms with Crippen molar-refractivity contribution < 1.29 is 8.85 Å². The summed E-state index contributed by atoms with van der Waals surface area (Å²) in [5, 5.41) is 0. The summed E-state index contributed by atoms with van der Waals surface area (Å²) in [7, 11) is 2.83. The Morgan fingerprint density at radius 2 is 1.89 bits per heavy atom. The van der Waals surface area contributed by atoms with Gasteiger partial charge < -0.3 is 8.85 Å². The van der Waals surface area contributed by atoms with Crippen LogP contribution in [0.5, 0.6) is 0 Å². The van der Waals surface area contributed by atoms with Crippen molar-refractivity contribution in [1.29, 1.82) is 0 Å². The third kappa shape index (κ3) is 1.91. The monoisotopic (exact) mass is 147 g/mol. The first-order valence-electron chi connectivity index (χ1n) is 2.67. The zero-order chi connectivity index (χ0) is 7.33. The number of hydrogen-bond acceptors (Lipinski definition) is 3. The summed E-state index contributed by atoms with van der Waals surface area (Å²) in [4.78, 5) is 2.94. The largest absolute Gasteiger partial charge is 0.451 e. The summed E-state index contributed by atoms with van der Waals surface area (Å²) in [6, 6.07) is 0. The van der Waals surface area contributed by atoms with Crippen molar-refractivity contribution in [2.24, 2.45) is 0 Å². The Morgan fingerprint density at radius 1 is 1.44 bits per heavy atom. The molecule has 0 aliphatic rings. The maximum atomic E-state index is 5.07. The first kappa shape index (κ1) is 8.84. The lowest BCUT2D eigenvalue weighted by atomic mass is 11.3. The lowest BCUT2D eigenvalue weighted by molar-refractivity contribution is 0.246. The second-order valence-electron chi connectivity index (χ2n) is 1.53. The van der Waals surface area contributed by atoms with Gasteiger partial charge in [0.1, 0.15) is 0 Å². The van der Waals surface area contributed by atoms with Gasteiger partial charge in [-0.1, -0.05) is 0 Å².